The number of hydrogen-bond acceptors (Lipinski definition) is 6. The SMILES string of the molecule is O=C(Cc1cc(CCCc2ccc3c(c2)OCO3)on1)NCC1CCOC1. The highest BCUT2D eigenvalue weighted by molar-refractivity contribution is 5.78. The van der Waals surface area contributed by atoms with E-state index >= 15 is 0 Å². The Morgan fingerprint density at radius 1 is 1.19 bits per heavy atom. The molecule has 7 nitrogen and oxygen atoms in total. The second-order valence-corrected chi connectivity index (χ2v) is 7.04. The molecule has 1 amide bonds. The molecule has 0 radical (unpaired) electrons. The van der Waals surface area contributed by atoms with Gasteiger partial charge in [-0.25, -0.2) is 0 Å². The van der Waals surface area contributed by atoms with Crippen molar-refractivity contribution in [2.45, 2.75) is 32.1 Å². The molecule has 0 saturated carbocycles. The summed E-state index contributed by atoms with van der Waals surface area (Å²) in [4.78, 5) is 12.0. The molecule has 0 aliphatic carbocycles. The normalized spacial score (nSPS) is 18.0. The summed E-state index contributed by atoms with van der Waals surface area (Å²) in [5.41, 5.74) is 1.88. The maximum atomic E-state index is 12.0. The van der Waals surface area contributed by atoms with E-state index in [0.29, 0.717) is 24.9 Å². The van der Waals surface area contributed by atoms with Gasteiger partial charge in [0, 0.05) is 31.6 Å². The number of nitrogens with zero attached hydrogens (tertiary/aromatic N) is 1. The van der Waals surface area contributed by atoms with Crippen LogP contribution in [0, 0.1) is 5.92 Å². The molecule has 0 spiro atoms. The summed E-state index contributed by atoms with van der Waals surface area (Å²) in [7, 11) is 0. The summed E-state index contributed by atoms with van der Waals surface area (Å²) in [6.07, 6.45) is 3.89. The number of ether oxygens (including phenoxy) is 3. The van der Waals surface area contributed by atoms with Crippen molar-refractivity contribution in [3.05, 3.63) is 41.3 Å². The second-order valence-electron chi connectivity index (χ2n) is 7.04. The van der Waals surface area contributed by atoms with Gasteiger partial charge in [-0.05, 0) is 37.0 Å². The van der Waals surface area contributed by atoms with Crippen molar-refractivity contribution in [3.63, 3.8) is 0 Å². The zero-order valence-corrected chi connectivity index (χ0v) is 15.2. The van der Waals surface area contributed by atoms with Crippen molar-refractivity contribution >= 4 is 5.91 Å². The van der Waals surface area contributed by atoms with E-state index in [1.807, 2.05) is 18.2 Å². The molecule has 1 N–H and O–H groups in total. The lowest BCUT2D eigenvalue weighted by Gasteiger charge is -2.08. The summed E-state index contributed by atoms with van der Waals surface area (Å²) in [5, 5.41) is 6.96. The first-order valence-electron chi connectivity index (χ1n) is 9.44. The molecule has 1 unspecified atom stereocenters. The number of carbonyl (C=O) groups excluding carboxylic acids is 1. The Bertz CT molecular complexity index is 782. The third kappa shape index (κ3) is 4.80. The first kappa shape index (κ1) is 17.9. The van der Waals surface area contributed by atoms with E-state index in [2.05, 4.69) is 16.5 Å². The molecule has 2 aromatic rings. The van der Waals surface area contributed by atoms with Crippen molar-refractivity contribution in [2.24, 2.45) is 5.92 Å². The third-order valence-electron chi connectivity index (χ3n) is 4.89. The van der Waals surface area contributed by atoms with Gasteiger partial charge in [0.1, 0.15) is 5.76 Å². The van der Waals surface area contributed by atoms with E-state index < -0.39 is 0 Å². The summed E-state index contributed by atoms with van der Waals surface area (Å²) in [6, 6.07) is 7.89. The molecule has 1 aromatic heterocycles. The molecule has 144 valence electrons. The van der Waals surface area contributed by atoms with Gasteiger partial charge in [0.2, 0.25) is 12.7 Å². The van der Waals surface area contributed by atoms with Gasteiger partial charge in [-0.1, -0.05) is 11.2 Å². The average molecular weight is 372 g/mol. The molecular formula is C20H24N2O5. The second kappa shape index (κ2) is 8.43. The zero-order valence-electron chi connectivity index (χ0n) is 15.2. The maximum absolute atomic E-state index is 12.0. The monoisotopic (exact) mass is 372 g/mol. The van der Waals surface area contributed by atoms with Crippen LogP contribution >= 0.6 is 0 Å². The van der Waals surface area contributed by atoms with Crippen LogP contribution in [-0.4, -0.2) is 37.6 Å². The molecule has 4 rings (SSSR count). The van der Waals surface area contributed by atoms with Gasteiger partial charge in [-0.3, -0.25) is 4.79 Å². The molecule has 0 bridgehead atoms. The lowest BCUT2D eigenvalue weighted by atomic mass is 10.1. The van der Waals surface area contributed by atoms with Gasteiger partial charge in [-0.15, -0.1) is 0 Å². The van der Waals surface area contributed by atoms with Crippen LogP contribution in [0.5, 0.6) is 11.5 Å². The average Bonchev–Trinajstić information content (AvgIpc) is 3.42. The number of amides is 1. The van der Waals surface area contributed by atoms with Crippen molar-refractivity contribution in [3.8, 4) is 11.5 Å². The minimum Gasteiger partial charge on any atom is -0.454 e. The minimum atomic E-state index is -0.0258. The summed E-state index contributed by atoms with van der Waals surface area (Å²) < 4.78 is 21.4. The molecule has 1 fully saturated rings. The highest BCUT2D eigenvalue weighted by Gasteiger charge is 2.17. The van der Waals surface area contributed by atoms with E-state index in [1.165, 1.54) is 5.56 Å². The van der Waals surface area contributed by atoms with E-state index in [0.717, 1.165) is 56.2 Å². The molecule has 27 heavy (non-hydrogen) atoms. The van der Waals surface area contributed by atoms with Gasteiger partial charge in [0.15, 0.2) is 11.5 Å². The van der Waals surface area contributed by atoms with Gasteiger partial charge in [-0.2, -0.15) is 0 Å². The van der Waals surface area contributed by atoms with Crippen molar-refractivity contribution < 1.29 is 23.5 Å². The minimum absolute atomic E-state index is 0.0258. The topological polar surface area (TPSA) is 82.8 Å². The predicted molar refractivity (Wildman–Crippen MR) is 96.7 cm³/mol. The number of hydrogen-bond donors (Lipinski definition) is 1. The van der Waals surface area contributed by atoms with Crippen LogP contribution in [0.15, 0.2) is 28.8 Å². The number of aromatic nitrogens is 1. The molecule has 7 heteroatoms. The molecule has 3 heterocycles. The number of benzene rings is 1. The number of aryl methyl sites for hydroxylation is 2. The predicted octanol–water partition coefficient (Wildman–Crippen LogP) is 2.27. The molecular weight excluding hydrogens is 348 g/mol. The van der Waals surface area contributed by atoms with Crippen LogP contribution < -0.4 is 14.8 Å². The van der Waals surface area contributed by atoms with E-state index in [-0.39, 0.29) is 12.3 Å². The Balaban J connectivity index is 1.19. The molecule has 1 saturated heterocycles. The molecule has 2 aliphatic heterocycles. The highest BCUT2D eigenvalue weighted by atomic mass is 16.7. The first-order chi connectivity index (χ1) is 13.3. The van der Waals surface area contributed by atoms with Crippen molar-refractivity contribution in [1.29, 1.82) is 0 Å². The molecule has 1 atom stereocenters. The maximum Gasteiger partial charge on any atom is 0.231 e. The first-order valence-corrected chi connectivity index (χ1v) is 9.44. The fraction of sp³-hybridized carbons (Fsp3) is 0.500. The van der Waals surface area contributed by atoms with E-state index in [4.69, 9.17) is 18.7 Å². The molecule has 2 aliphatic rings. The Labute approximate surface area is 158 Å². The number of fused-ring (bicyclic) bond motifs is 1. The standard InChI is InChI=1S/C20H24N2O5/c23-20(21-11-15-6-7-24-12-15)10-16-9-17(27-22-16)3-1-2-14-4-5-18-19(8-14)26-13-25-18/h4-5,8-9,15H,1-3,6-7,10-13H2,(H,21,23). The smallest absolute Gasteiger partial charge is 0.231 e. The van der Waals surface area contributed by atoms with Crippen LogP contribution in [-0.2, 0) is 28.8 Å². The Morgan fingerprint density at radius 2 is 2.11 bits per heavy atom. The fourth-order valence-corrected chi connectivity index (χ4v) is 3.35. The van der Waals surface area contributed by atoms with Crippen LogP contribution in [0.4, 0.5) is 0 Å². The summed E-state index contributed by atoms with van der Waals surface area (Å²) in [5.74, 6) is 2.82. The Kier molecular flexibility index (Phi) is 5.58. The number of carbonyl (C=O) groups is 1. The quantitative estimate of drug-likeness (QED) is 0.765. The lowest BCUT2D eigenvalue weighted by molar-refractivity contribution is -0.120. The van der Waals surface area contributed by atoms with E-state index in [1.54, 1.807) is 0 Å². The molecule has 1 aromatic carbocycles. The number of nitrogens with one attached hydrogen (secondary N) is 1. The van der Waals surface area contributed by atoms with E-state index in [9.17, 15) is 4.79 Å². The van der Waals surface area contributed by atoms with Gasteiger partial charge >= 0.3 is 0 Å². The summed E-state index contributed by atoms with van der Waals surface area (Å²) in [6.45, 7) is 2.48. The summed E-state index contributed by atoms with van der Waals surface area (Å²) >= 11 is 0. The van der Waals surface area contributed by atoms with Gasteiger partial charge < -0.3 is 24.1 Å². The Morgan fingerprint density at radius 3 is 3.00 bits per heavy atom. The largest absolute Gasteiger partial charge is 0.454 e. The third-order valence-corrected chi connectivity index (χ3v) is 4.89. The van der Waals surface area contributed by atoms with Gasteiger partial charge in [0.05, 0.1) is 18.7 Å². The zero-order chi connectivity index (χ0) is 18.5. The van der Waals surface area contributed by atoms with Crippen LogP contribution in [0.3, 0.4) is 0 Å². The fourth-order valence-electron chi connectivity index (χ4n) is 3.35. The lowest BCUT2D eigenvalue weighted by Crippen LogP contribution is -2.30. The highest BCUT2D eigenvalue weighted by Crippen LogP contribution is 2.32. The van der Waals surface area contributed by atoms with Crippen LogP contribution in [0.25, 0.3) is 0 Å². The van der Waals surface area contributed by atoms with Crippen molar-refractivity contribution in [2.75, 3.05) is 26.6 Å². The van der Waals surface area contributed by atoms with Gasteiger partial charge in [0.25, 0.3) is 0 Å². The van der Waals surface area contributed by atoms with Crippen LogP contribution in [0.2, 0.25) is 0 Å². The Hall–Kier alpha value is -2.54. The van der Waals surface area contributed by atoms with Crippen LogP contribution in [0.1, 0.15) is 29.9 Å². The number of rotatable bonds is 8. The van der Waals surface area contributed by atoms with Crippen molar-refractivity contribution in [1.82, 2.24) is 10.5 Å².